The molecular formula is C8H5ClN. The van der Waals surface area contributed by atoms with Crippen molar-refractivity contribution < 1.29 is 0 Å². The molecule has 0 aliphatic heterocycles. The molecule has 2 rings (SSSR count). The van der Waals surface area contributed by atoms with Crippen molar-refractivity contribution in [2.45, 2.75) is 0 Å². The lowest BCUT2D eigenvalue weighted by Crippen LogP contribution is -1.65. The van der Waals surface area contributed by atoms with Crippen LogP contribution in [0.25, 0.3) is 10.9 Å². The van der Waals surface area contributed by atoms with Gasteiger partial charge in [-0.15, -0.1) is 0 Å². The van der Waals surface area contributed by atoms with Crippen molar-refractivity contribution in [3.63, 3.8) is 0 Å². The second-order valence-electron chi connectivity index (χ2n) is 2.12. The van der Waals surface area contributed by atoms with Crippen LogP contribution in [0.4, 0.5) is 0 Å². The van der Waals surface area contributed by atoms with Gasteiger partial charge >= 0.3 is 0 Å². The molecule has 2 aromatic rings. The van der Waals surface area contributed by atoms with Crippen LogP contribution in [-0.2, 0) is 0 Å². The molecular weight excluding hydrogens is 146 g/mol. The second kappa shape index (κ2) is 2.03. The third-order valence-corrected chi connectivity index (χ3v) is 1.67. The Morgan fingerprint density at radius 1 is 1.40 bits per heavy atom. The highest BCUT2D eigenvalue weighted by atomic mass is 35.5. The number of hydrogen-bond donors (Lipinski definition) is 1. The Morgan fingerprint density at radius 2 is 2.30 bits per heavy atom. The number of rotatable bonds is 0. The van der Waals surface area contributed by atoms with E-state index in [-0.39, 0.29) is 0 Å². The predicted molar refractivity (Wildman–Crippen MR) is 42.1 cm³/mol. The Balaban J connectivity index is 2.86. The van der Waals surface area contributed by atoms with E-state index in [9.17, 15) is 0 Å². The van der Waals surface area contributed by atoms with E-state index >= 15 is 0 Å². The van der Waals surface area contributed by atoms with Gasteiger partial charge in [-0.05, 0) is 18.2 Å². The SMILES string of the molecule is Clc1ccc2[nH]c[c]c2c1. The van der Waals surface area contributed by atoms with E-state index in [2.05, 4.69) is 11.1 Å². The molecule has 0 fully saturated rings. The van der Waals surface area contributed by atoms with Crippen LogP contribution in [0.3, 0.4) is 0 Å². The summed E-state index contributed by atoms with van der Waals surface area (Å²) in [6.45, 7) is 0. The van der Waals surface area contributed by atoms with Crippen LogP contribution in [0, 0.1) is 6.07 Å². The number of halogens is 1. The quantitative estimate of drug-likeness (QED) is 0.594. The third-order valence-electron chi connectivity index (χ3n) is 1.44. The maximum absolute atomic E-state index is 5.74. The van der Waals surface area contributed by atoms with Crippen molar-refractivity contribution in [1.82, 2.24) is 4.98 Å². The van der Waals surface area contributed by atoms with Gasteiger partial charge in [0, 0.05) is 28.2 Å². The fourth-order valence-corrected chi connectivity index (χ4v) is 1.13. The molecule has 1 nitrogen and oxygen atoms in total. The van der Waals surface area contributed by atoms with Gasteiger partial charge in [-0.3, -0.25) is 0 Å². The van der Waals surface area contributed by atoms with Crippen LogP contribution >= 0.6 is 11.6 Å². The first-order valence-electron chi connectivity index (χ1n) is 3.00. The largest absolute Gasteiger partial charge is 0.361 e. The summed E-state index contributed by atoms with van der Waals surface area (Å²) in [7, 11) is 0. The second-order valence-corrected chi connectivity index (χ2v) is 2.56. The first-order chi connectivity index (χ1) is 4.86. The monoisotopic (exact) mass is 150 g/mol. The van der Waals surface area contributed by atoms with E-state index in [1.54, 1.807) is 6.20 Å². The normalized spacial score (nSPS) is 10.5. The number of aromatic nitrogens is 1. The molecule has 0 aliphatic carbocycles. The Labute approximate surface area is 63.6 Å². The zero-order valence-corrected chi connectivity index (χ0v) is 5.94. The summed E-state index contributed by atoms with van der Waals surface area (Å²) in [5, 5.41) is 1.79. The van der Waals surface area contributed by atoms with Crippen LogP contribution in [0.5, 0.6) is 0 Å². The molecule has 49 valence electrons. The van der Waals surface area contributed by atoms with Gasteiger partial charge in [-0.2, -0.15) is 0 Å². The average Bonchev–Trinajstić information content (AvgIpc) is 2.33. The Kier molecular flexibility index (Phi) is 1.18. The standard InChI is InChI=1S/C8H5ClN/c9-7-1-2-8-6(5-7)3-4-10-8/h1-2,4-5,10H. The summed E-state index contributed by atoms with van der Waals surface area (Å²) in [5.74, 6) is 0. The topological polar surface area (TPSA) is 15.8 Å². The van der Waals surface area contributed by atoms with E-state index in [1.807, 2.05) is 18.2 Å². The van der Waals surface area contributed by atoms with Crippen molar-refractivity contribution >= 4 is 22.5 Å². The molecule has 10 heavy (non-hydrogen) atoms. The molecule has 1 aromatic carbocycles. The lowest BCUT2D eigenvalue weighted by molar-refractivity contribution is 1.47. The van der Waals surface area contributed by atoms with Crippen LogP contribution in [0.15, 0.2) is 24.4 Å². The van der Waals surface area contributed by atoms with E-state index in [0.717, 1.165) is 15.9 Å². The minimum atomic E-state index is 0.753. The fraction of sp³-hybridized carbons (Fsp3) is 0. The summed E-state index contributed by atoms with van der Waals surface area (Å²) in [6, 6.07) is 8.70. The van der Waals surface area contributed by atoms with Crippen molar-refractivity contribution in [2.24, 2.45) is 0 Å². The van der Waals surface area contributed by atoms with Gasteiger partial charge in [0.2, 0.25) is 0 Å². The maximum atomic E-state index is 5.74. The molecule has 0 amide bonds. The van der Waals surface area contributed by atoms with Gasteiger partial charge in [0.15, 0.2) is 0 Å². The molecule has 0 atom stereocenters. The zero-order chi connectivity index (χ0) is 6.97. The van der Waals surface area contributed by atoms with Crippen molar-refractivity contribution in [3.8, 4) is 0 Å². The fourth-order valence-electron chi connectivity index (χ4n) is 0.953. The summed E-state index contributed by atoms with van der Waals surface area (Å²) in [6.07, 6.45) is 1.78. The van der Waals surface area contributed by atoms with E-state index in [0.29, 0.717) is 0 Å². The smallest absolute Gasteiger partial charge is 0.0461 e. The molecule has 0 spiro atoms. The highest BCUT2D eigenvalue weighted by Gasteiger charge is 1.92. The van der Waals surface area contributed by atoms with Gasteiger partial charge in [0.25, 0.3) is 0 Å². The van der Waals surface area contributed by atoms with Gasteiger partial charge in [0.05, 0.1) is 0 Å². The Hall–Kier alpha value is -0.950. The third kappa shape index (κ3) is 0.792. The number of nitrogens with one attached hydrogen (secondary N) is 1. The highest BCUT2D eigenvalue weighted by molar-refractivity contribution is 6.31. The summed E-state index contributed by atoms with van der Waals surface area (Å²) >= 11 is 5.74. The number of hydrogen-bond acceptors (Lipinski definition) is 0. The van der Waals surface area contributed by atoms with Crippen LogP contribution in [0.1, 0.15) is 0 Å². The van der Waals surface area contributed by atoms with Gasteiger partial charge < -0.3 is 4.98 Å². The maximum Gasteiger partial charge on any atom is 0.0461 e. The molecule has 1 aromatic heterocycles. The number of benzene rings is 1. The Morgan fingerprint density at radius 3 is 3.20 bits per heavy atom. The van der Waals surface area contributed by atoms with Crippen molar-refractivity contribution in [1.29, 1.82) is 0 Å². The molecule has 0 aliphatic rings. The van der Waals surface area contributed by atoms with Gasteiger partial charge in [-0.25, -0.2) is 0 Å². The summed E-state index contributed by atoms with van der Waals surface area (Å²) in [5.41, 5.74) is 1.07. The zero-order valence-electron chi connectivity index (χ0n) is 5.19. The first-order valence-corrected chi connectivity index (χ1v) is 3.38. The Bertz CT molecular complexity index is 351. The summed E-state index contributed by atoms with van der Waals surface area (Å²) < 4.78 is 0. The minimum Gasteiger partial charge on any atom is -0.361 e. The average molecular weight is 151 g/mol. The lowest BCUT2D eigenvalue weighted by atomic mass is 10.2. The molecule has 0 saturated carbocycles. The van der Waals surface area contributed by atoms with Crippen LogP contribution in [-0.4, -0.2) is 4.98 Å². The van der Waals surface area contributed by atoms with Crippen LogP contribution < -0.4 is 0 Å². The minimum absolute atomic E-state index is 0.753. The van der Waals surface area contributed by atoms with E-state index < -0.39 is 0 Å². The summed E-state index contributed by atoms with van der Waals surface area (Å²) in [4.78, 5) is 3.03. The molecule has 1 heterocycles. The van der Waals surface area contributed by atoms with E-state index in [1.165, 1.54) is 0 Å². The molecule has 2 heteroatoms. The molecule has 0 saturated heterocycles. The molecule has 1 radical (unpaired) electrons. The molecule has 0 bridgehead atoms. The number of fused-ring (bicyclic) bond motifs is 1. The number of H-pyrrole nitrogens is 1. The number of aromatic amines is 1. The predicted octanol–water partition coefficient (Wildman–Crippen LogP) is 2.62. The molecule has 1 N–H and O–H groups in total. The first kappa shape index (κ1) is 5.81. The van der Waals surface area contributed by atoms with Crippen molar-refractivity contribution in [2.75, 3.05) is 0 Å². The van der Waals surface area contributed by atoms with E-state index in [4.69, 9.17) is 11.6 Å². The van der Waals surface area contributed by atoms with Gasteiger partial charge in [0.1, 0.15) is 0 Å². The van der Waals surface area contributed by atoms with Gasteiger partial charge in [-0.1, -0.05) is 11.6 Å². The molecule has 0 unspecified atom stereocenters. The van der Waals surface area contributed by atoms with Crippen LogP contribution in [0.2, 0.25) is 5.02 Å². The highest BCUT2D eigenvalue weighted by Crippen LogP contribution is 2.16. The van der Waals surface area contributed by atoms with Crippen molar-refractivity contribution in [3.05, 3.63) is 35.5 Å². The lowest BCUT2D eigenvalue weighted by Gasteiger charge is -1.88.